The lowest BCUT2D eigenvalue weighted by molar-refractivity contribution is 0.00752. The molecule has 0 bridgehead atoms. The molecule has 2 aromatic heterocycles. The van der Waals surface area contributed by atoms with Crippen molar-refractivity contribution in [3.05, 3.63) is 46.5 Å². The molecular weight excluding hydrogens is 372 g/mol. The van der Waals surface area contributed by atoms with E-state index in [2.05, 4.69) is 46.9 Å². The monoisotopic (exact) mass is 404 g/mol. The van der Waals surface area contributed by atoms with Crippen LogP contribution in [0.1, 0.15) is 24.5 Å². The van der Waals surface area contributed by atoms with Crippen molar-refractivity contribution in [2.24, 2.45) is 10.9 Å². The molecule has 1 atom stereocenters. The Morgan fingerprint density at radius 1 is 1.21 bits per heavy atom. The molecule has 1 aliphatic rings. The van der Waals surface area contributed by atoms with Gasteiger partial charge in [-0.25, -0.2) is 4.99 Å². The summed E-state index contributed by atoms with van der Waals surface area (Å²) in [7, 11) is 0. The van der Waals surface area contributed by atoms with Gasteiger partial charge in [-0.15, -0.1) is 11.3 Å². The lowest BCUT2D eigenvalue weighted by Crippen LogP contribution is -2.52. The zero-order chi connectivity index (χ0) is 19.6. The highest BCUT2D eigenvalue weighted by Gasteiger charge is 2.23. The maximum absolute atomic E-state index is 5.52. The number of aliphatic imine (C=N–C) groups is 1. The van der Waals surface area contributed by atoms with E-state index < -0.39 is 0 Å². The molecule has 0 amide bonds. The smallest absolute Gasteiger partial charge is 0.191 e. The van der Waals surface area contributed by atoms with Crippen molar-refractivity contribution in [3.63, 3.8) is 0 Å². The van der Waals surface area contributed by atoms with Crippen molar-refractivity contribution in [1.82, 2.24) is 15.5 Å². The molecule has 154 valence electrons. The second-order valence-electron chi connectivity index (χ2n) is 7.34. The molecule has 1 aliphatic heterocycles. The first-order valence-electron chi connectivity index (χ1n) is 10.1. The van der Waals surface area contributed by atoms with Gasteiger partial charge in [0.25, 0.3) is 0 Å². The Balaban J connectivity index is 1.56. The second-order valence-corrected chi connectivity index (χ2v) is 8.37. The van der Waals surface area contributed by atoms with Gasteiger partial charge in [-0.05, 0) is 29.5 Å². The summed E-state index contributed by atoms with van der Waals surface area (Å²) in [5.41, 5.74) is 0. The van der Waals surface area contributed by atoms with E-state index in [0.717, 1.165) is 57.5 Å². The zero-order valence-electron chi connectivity index (χ0n) is 16.9. The van der Waals surface area contributed by atoms with Crippen LogP contribution in [0, 0.1) is 5.92 Å². The van der Waals surface area contributed by atoms with Crippen LogP contribution < -0.4 is 10.6 Å². The average molecular weight is 405 g/mol. The Labute approximate surface area is 172 Å². The minimum absolute atomic E-state index is 0.461. The zero-order valence-corrected chi connectivity index (χ0v) is 17.7. The predicted molar refractivity (Wildman–Crippen MR) is 115 cm³/mol. The minimum atomic E-state index is 0.461. The van der Waals surface area contributed by atoms with Gasteiger partial charge in [0.15, 0.2) is 5.96 Å². The van der Waals surface area contributed by atoms with E-state index in [4.69, 9.17) is 14.1 Å². The summed E-state index contributed by atoms with van der Waals surface area (Å²) in [6.45, 7) is 10.6. The Kier molecular flexibility index (Phi) is 8.39. The van der Waals surface area contributed by atoms with Gasteiger partial charge in [0.1, 0.15) is 5.76 Å². The molecule has 3 heterocycles. The molecule has 6 nitrogen and oxygen atoms in total. The number of morpholine rings is 1. The molecule has 1 saturated heterocycles. The van der Waals surface area contributed by atoms with Crippen LogP contribution >= 0.6 is 11.3 Å². The molecule has 0 spiro atoms. The highest BCUT2D eigenvalue weighted by molar-refractivity contribution is 7.09. The first kappa shape index (κ1) is 20.9. The van der Waals surface area contributed by atoms with Crippen molar-refractivity contribution in [2.45, 2.75) is 32.9 Å². The third-order valence-electron chi connectivity index (χ3n) is 4.98. The first-order valence-corrected chi connectivity index (χ1v) is 11.0. The van der Waals surface area contributed by atoms with E-state index >= 15 is 0 Å². The van der Waals surface area contributed by atoms with Gasteiger partial charge in [0.2, 0.25) is 0 Å². The standard InChI is InChI=1S/C21H32N4O2S/c1-17(2)20(25-9-12-26-13-10-25)16-24-21(23-15-19-6-4-14-28-19)22-8-7-18-5-3-11-27-18/h3-6,11,14,17,20H,7-10,12-13,15-16H2,1-2H3,(H2,22,23,24). The quantitative estimate of drug-likeness (QED) is 0.497. The first-order chi connectivity index (χ1) is 13.7. The Hall–Kier alpha value is -1.83. The highest BCUT2D eigenvalue weighted by atomic mass is 32.1. The van der Waals surface area contributed by atoms with Gasteiger partial charge in [-0.2, -0.15) is 0 Å². The number of ether oxygens (including phenoxy) is 1. The summed E-state index contributed by atoms with van der Waals surface area (Å²) < 4.78 is 10.9. The van der Waals surface area contributed by atoms with Gasteiger partial charge in [0, 0.05) is 43.5 Å². The van der Waals surface area contributed by atoms with Gasteiger partial charge >= 0.3 is 0 Å². The molecule has 28 heavy (non-hydrogen) atoms. The van der Waals surface area contributed by atoms with Crippen LogP contribution in [0.2, 0.25) is 0 Å². The topological polar surface area (TPSA) is 62.0 Å². The second kappa shape index (κ2) is 11.2. The van der Waals surface area contributed by atoms with Crippen molar-refractivity contribution in [1.29, 1.82) is 0 Å². The fraction of sp³-hybridized carbons (Fsp3) is 0.571. The fourth-order valence-electron chi connectivity index (χ4n) is 3.39. The van der Waals surface area contributed by atoms with E-state index in [9.17, 15) is 0 Å². The van der Waals surface area contributed by atoms with E-state index in [1.165, 1.54) is 4.88 Å². The summed E-state index contributed by atoms with van der Waals surface area (Å²) in [6, 6.07) is 8.59. The van der Waals surface area contributed by atoms with Crippen LogP contribution in [0.4, 0.5) is 0 Å². The molecule has 3 rings (SSSR count). The number of guanidine groups is 1. The summed E-state index contributed by atoms with van der Waals surface area (Å²) in [5.74, 6) is 2.41. The van der Waals surface area contributed by atoms with Gasteiger partial charge < -0.3 is 19.8 Å². The molecule has 0 aromatic carbocycles. The van der Waals surface area contributed by atoms with Crippen LogP contribution in [0.3, 0.4) is 0 Å². The normalized spacial score (nSPS) is 17.0. The summed E-state index contributed by atoms with van der Waals surface area (Å²) in [4.78, 5) is 8.59. The summed E-state index contributed by atoms with van der Waals surface area (Å²) in [6.07, 6.45) is 2.55. The Morgan fingerprint density at radius 2 is 2.07 bits per heavy atom. The van der Waals surface area contributed by atoms with Crippen LogP contribution in [0.5, 0.6) is 0 Å². The molecule has 7 heteroatoms. The van der Waals surface area contributed by atoms with Crippen molar-refractivity contribution in [3.8, 4) is 0 Å². The summed E-state index contributed by atoms with van der Waals surface area (Å²) in [5, 5.41) is 9.12. The molecule has 0 saturated carbocycles. The number of nitrogens with zero attached hydrogens (tertiary/aromatic N) is 2. The largest absolute Gasteiger partial charge is 0.469 e. The number of rotatable bonds is 9. The third-order valence-corrected chi connectivity index (χ3v) is 5.84. The molecule has 2 aromatic rings. The van der Waals surface area contributed by atoms with E-state index in [0.29, 0.717) is 18.5 Å². The van der Waals surface area contributed by atoms with Gasteiger partial charge in [-0.1, -0.05) is 19.9 Å². The minimum Gasteiger partial charge on any atom is -0.469 e. The SMILES string of the molecule is CC(C)C(CNC(=NCc1cccs1)NCCc1ccco1)N1CCOCC1. The molecule has 1 fully saturated rings. The lowest BCUT2D eigenvalue weighted by Gasteiger charge is -2.37. The molecule has 1 unspecified atom stereocenters. The number of nitrogens with one attached hydrogen (secondary N) is 2. The number of hydrogen-bond acceptors (Lipinski definition) is 5. The predicted octanol–water partition coefficient (Wildman–Crippen LogP) is 2.98. The van der Waals surface area contributed by atoms with Gasteiger partial charge in [0.05, 0.1) is 26.0 Å². The van der Waals surface area contributed by atoms with Crippen LogP contribution in [0.15, 0.2) is 45.3 Å². The molecule has 0 aliphatic carbocycles. The number of furan rings is 1. The number of hydrogen-bond donors (Lipinski definition) is 2. The van der Waals surface area contributed by atoms with Crippen molar-refractivity contribution >= 4 is 17.3 Å². The Morgan fingerprint density at radius 3 is 2.75 bits per heavy atom. The van der Waals surface area contributed by atoms with E-state index in [-0.39, 0.29) is 0 Å². The molecule has 2 N–H and O–H groups in total. The van der Waals surface area contributed by atoms with Gasteiger partial charge in [-0.3, -0.25) is 4.90 Å². The van der Waals surface area contributed by atoms with Crippen LogP contribution in [-0.4, -0.2) is 56.3 Å². The molecule has 0 radical (unpaired) electrons. The third kappa shape index (κ3) is 6.65. The highest BCUT2D eigenvalue weighted by Crippen LogP contribution is 2.13. The van der Waals surface area contributed by atoms with Crippen molar-refractivity contribution < 1.29 is 9.15 Å². The average Bonchev–Trinajstić information content (AvgIpc) is 3.40. The maximum atomic E-state index is 5.52. The van der Waals surface area contributed by atoms with E-state index in [1.807, 2.05) is 12.1 Å². The fourth-order valence-corrected chi connectivity index (χ4v) is 4.02. The Bertz CT molecular complexity index is 679. The van der Waals surface area contributed by atoms with Crippen molar-refractivity contribution in [2.75, 3.05) is 39.4 Å². The van der Waals surface area contributed by atoms with E-state index in [1.54, 1.807) is 17.6 Å². The maximum Gasteiger partial charge on any atom is 0.191 e. The summed E-state index contributed by atoms with van der Waals surface area (Å²) >= 11 is 1.74. The lowest BCUT2D eigenvalue weighted by atomic mass is 10.0. The van der Waals surface area contributed by atoms with Crippen LogP contribution in [0.25, 0.3) is 0 Å². The van der Waals surface area contributed by atoms with Crippen LogP contribution in [-0.2, 0) is 17.7 Å². The molecular formula is C21H32N4O2S. The number of thiophene rings is 1.